The summed E-state index contributed by atoms with van der Waals surface area (Å²) in [7, 11) is 0. The standard InChI is InChI=1S/C19H26N4O/c1-15-20-16(2)23(21-15)13-7-12-22-14-19(3,11-10-18(22)24)17-8-5-4-6-9-17/h4-6,8-9H,7,10-14H2,1-3H3/t19-/m1/s1. The van der Waals surface area contributed by atoms with Crippen LogP contribution in [-0.4, -0.2) is 38.7 Å². The molecular formula is C19H26N4O. The van der Waals surface area contributed by atoms with Gasteiger partial charge in [-0.05, 0) is 32.3 Å². The lowest BCUT2D eigenvalue weighted by atomic mass is 9.75. The molecule has 0 unspecified atom stereocenters. The second-order valence-corrected chi connectivity index (χ2v) is 7.02. The predicted octanol–water partition coefficient (Wildman–Crippen LogP) is 2.87. The third-order valence-corrected chi connectivity index (χ3v) is 5.01. The minimum atomic E-state index is 0.0505. The molecule has 0 N–H and O–H groups in total. The minimum Gasteiger partial charge on any atom is -0.342 e. The first kappa shape index (κ1) is 16.7. The summed E-state index contributed by atoms with van der Waals surface area (Å²) in [4.78, 5) is 18.7. The Morgan fingerprint density at radius 2 is 1.92 bits per heavy atom. The number of likely N-dealkylation sites (tertiary alicyclic amines) is 1. The number of nitrogens with zero attached hydrogens (tertiary/aromatic N) is 4. The van der Waals surface area contributed by atoms with Crippen molar-refractivity contribution in [2.24, 2.45) is 0 Å². The van der Waals surface area contributed by atoms with E-state index in [0.717, 1.165) is 44.1 Å². The van der Waals surface area contributed by atoms with Crippen molar-refractivity contribution >= 4 is 5.91 Å². The highest BCUT2D eigenvalue weighted by Gasteiger charge is 2.35. The molecule has 0 radical (unpaired) electrons. The van der Waals surface area contributed by atoms with Crippen LogP contribution in [0.1, 0.15) is 43.4 Å². The smallest absolute Gasteiger partial charge is 0.222 e. The van der Waals surface area contributed by atoms with E-state index in [0.29, 0.717) is 6.42 Å². The van der Waals surface area contributed by atoms with Gasteiger partial charge in [0.05, 0.1) is 0 Å². The molecule has 1 aliphatic heterocycles. The molecule has 24 heavy (non-hydrogen) atoms. The van der Waals surface area contributed by atoms with Crippen LogP contribution in [0.25, 0.3) is 0 Å². The Morgan fingerprint density at radius 1 is 1.17 bits per heavy atom. The second-order valence-electron chi connectivity index (χ2n) is 7.02. The lowest BCUT2D eigenvalue weighted by Gasteiger charge is -2.40. The van der Waals surface area contributed by atoms with Gasteiger partial charge >= 0.3 is 0 Å². The molecular weight excluding hydrogens is 300 g/mol. The zero-order chi connectivity index (χ0) is 17.2. The van der Waals surface area contributed by atoms with Gasteiger partial charge in [0.25, 0.3) is 0 Å². The maximum atomic E-state index is 12.3. The molecule has 0 aliphatic carbocycles. The van der Waals surface area contributed by atoms with Crippen molar-refractivity contribution < 1.29 is 4.79 Å². The molecule has 1 aliphatic rings. The van der Waals surface area contributed by atoms with E-state index in [-0.39, 0.29) is 11.3 Å². The van der Waals surface area contributed by atoms with E-state index in [4.69, 9.17) is 0 Å². The molecule has 2 aromatic rings. The normalized spacial score (nSPS) is 21.3. The first-order valence-electron chi connectivity index (χ1n) is 8.69. The molecule has 1 amide bonds. The summed E-state index contributed by atoms with van der Waals surface area (Å²) in [5, 5.41) is 4.39. The van der Waals surface area contributed by atoms with E-state index in [1.807, 2.05) is 29.5 Å². The lowest BCUT2D eigenvalue weighted by Crippen LogP contribution is -2.47. The van der Waals surface area contributed by atoms with Crippen LogP contribution < -0.4 is 0 Å². The number of hydrogen-bond acceptors (Lipinski definition) is 3. The number of rotatable bonds is 5. The topological polar surface area (TPSA) is 51.0 Å². The van der Waals surface area contributed by atoms with Gasteiger partial charge in [0, 0.05) is 31.5 Å². The third kappa shape index (κ3) is 3.50. The summed E-state index contributed by atoms with van der Waals surface area (Å²) < 4.78 is 1.93. The summed E-state index contributed by atoms with van der Waals surface area (Å²) in [6.45, 7) is 8.53. The molecule has 0 spiro atoms. The van der Waals surface area contributed by atoms with E-state index in [1.165, 1.54) is 5.56 Å². The summed E-state index contributed by atoms with van der Waals surface area (Å²) in [6, 6.07) is 10.6. The number of benzene rings is 1. The maximum Gasteiger partial charge on any atom is 0.222 e. The maximum absolute atomic E-state index is 12.3. The second kappa shape index (κ2) is 6.75. The van der Waals surface area contributed by atoms with Gasteiger partial charge in [-0.1, -0.05) is 37.3 Å². The monoisotopic (exact) mass is 326 g/mol. The molecule has 5 heteroatoms. The molecule has 1 atom stereocenters. The molecule has 3 rings (SSSR count). The summed E-state index contributed by atoms with van der Waals surface area (Å²) >= 11 is 0. The van der Waals surface area contributed by atoms with E-state index in [1.54, 1.807) is 0 Å². The molecule has 0 saturated carbocycles. The van der Waals surface area contributed by atoms with E-state index < -0.39 is 0 Å². The fourth-order valence-corrected chi connectivity index (χ4v) is 3.59. The number of carbonyl (C=O) groups is 1. The van der Waals surface area contributed by atoms with E-state index in [2.05, 4.69) is 41.3 Å². The number of piperidine rings is 1. The first-order valence-corrected chi connectivity index (χ1v) is 8.69. The summed E-state index contributed by atoms with van der Waals surface area (Å²) in [5.41, 5.74) is 1.37. The van der Waals surface area contributed by atoms with Crippen LogP contribution in [0.2, 0.25) is 0 Å². The zero-order valence-corrected chi connectivity index (χ0v) is 14.8. The summed E-state index contributed by atoms with van der Waals surface area (Å²) in [5.74, 6) is 2.01. The number of hydrogen-bond donors (Lipinski definition) is 0. The van der Waals surface area contributed by atoms with Crippen molar-refractivity contribution in [2.45, 2.75) is 52.0 Å². The fourth-order valence-electron chi connectivity index (χ4n) is 3.59. The average Bonchev–Trinajstić information content (AvgIpc) is 2.89. The molecule has 2 heterocycles. The van der Waals surface area contributed by atoms with E-state index >= 15 is 0 Å². The Bertz CT molecular complexity index is 709. The van der Waals surface area contributed by atoms with Crippen LogP contribution in [-0.2, 0) is 16.8 Å². The highest BCUT2D eigenvalue weighted by atomic mass is 16.2. The Hall–Kier alpha value is -2.17. The van der Waals surface area contributed by atoms with Gasteiger partial charge in [0.15, 0.2) is 0 Å². The van der Waals surface area contributed by atoms with Gasteiger partial charge in [-0.15, -0.1) is 0 Å². The molecule has 1 aromatic carbocycles. The van der Waals surface area contributed by atoms with Crippen LogP contribution in [0.3, 0.4) is 0 Å². The quantitative estimate of drug-likeness (QED) is 0.849. The van der Waals surface area contributed by atoms with Gasteiger partial charge in [-0.2, -0.15) is 5.10 Å². The van der Waals surface area contributed by atoms with Crippen molar-refractivity contribution in [3.63, 3.8) is 0 Å². The molecule has 5 nitrogen and oxygen atoms in total. The predicted molar refractivity (Wildman–Crippen MR) is 93.7 cm³/mol. The third-order valence-electron chi connectivity index (χ3n) is 5.01. The van der Waals surface area contributed by atoms with Crippen molar-refractivity contribution in [1.82, 2.24) is 19.7 Å². The molecule has 1 aromatic heterocycles. The van der Waals surface area contributed by atoms with Crippen molar-refractivity contribution in [3.8, 4) is 0 Å². The SMILES string of the molecule is Cc1nc(C)n(CCCN2C[C@](C)(c3ccccc3)CCC2=O)n1. The lowest BCUT2D eigenvalue weighted by molar-refractivity contribution is -0.135. The molecule has 1 fully saturated rings. The van der Waals surface area contributed by atoms with Crippen LogP contribution >= 0.6 is 0 Å². The highest BCUT2D eigenvalue weighted by Crippen LogP contribution is 2.34. The van der Waals surface area contributed by atoms with Crippen molar-refractivity contribution in [2.75, 3.05) is 13.1 Å². The summed E-state index contributed by atoms with van der Waals surface area (Å²) in [6.07, 6.45) is 2.46. The van der Waals surface area contributed by atoms with Gasteiger partial charge < -0.3 is 4.90 Å². The Morgan fingerprint density at radius 3 is 2.58 bits per heavy atom. The average molecular weight is 326 g/mol. The van der Waals surface area contributed by atoms with E-state index in [9.17, 15) is 4.79 Å². The number of carbonyl (C=O) groups excluding carboxylic acids is 1. The Balaban J connectivity index is 1.62. The minimum absolute atomic E-state index is 0.0505. The number of aromatic nitrogens is 3. The van der Waals surface area contributed by atoms with Gasteiger partial charge in [0.1, 0.15) is 11.6 Å². The van der Waals surface area contributed by atoms with Crippen LogP contribution in [0.4, 0.5) is 0 Å². The van der Waals surface area contributed by atoms with Crippen LogP contribution in [0, 0.1) is 13.8 Å². The Kier molecular flexibility index (Phi) is 4.69. The Labute approximate surface area is 143 Å². The fraction of sp³-hybridized carbons (Fsp3) is 0.526. The van der Waals surface area contributed by atoms with Crippen LogP contribution in [0.5, 0.6) is 0 Å². The van der Waals surface area contributed by atoms with Crippen molar-refractivity contribution in [1.29, 1.82) is 0 Å². The van der Waals surface area contributed by atoms with Crippen molar-refractivity contribution in [3.05, 3.63) is 47.5 Å². The van der Waals surface area contributed by atoms with Gasteiger partial charge in [-0.25, -0.2) is 4.98 Å². The van der Waals surface area contributed by atoms with Gasteiger partial charge in [0.2, 0.25) is 5.91 Å². The molecule has 128 valence electrons. The number of aryl methyl sites for hydroxylation is 3. The van der Waals surface area contributed by atoms with Crippen LogP contribution in [0.15, 0.2) is 30.3 Å². The highest BCUT2D eigenvalue weighted by molar-refractivity contribution is 5.77. The first-order chi connectivity index (χ1) is 11.5. The molecule has 1 saturated heterocycles. The molecule has 0 bridgehead atoms. The number of amides is 1. The van der Waals surface area contributed by atoms with Gasteiger partial charge in [-0.3, -0.25) is 9.48 Å². The largest absolute Gasteiger partial charge is 0.342 e. The zero-order valence-electron chi connectivity index (χ0n) is 14.8.